The predicted molar refractivity (Wildman–Crippen MR) is 64.2 cm³/mol. The number of esters is 1. The van der Waals surface area contributed by atoms with Gasteiger partial charge in [0.2, 0.25) is 0 Å². The van der Waals surface area contributed by atoms with Gasteiger partial charge in [-0.1, -0.05) is 12.1 Å². The number of nitrogens with one attached hydrogen (secondary N) is 1. The molecule has 0 aliphatic heterocycles. The molecule has 0 aliphatic carbocycles. The Balaban J connectivity index is 2.50. The minimum atomic E-state index is -0.592. The Labute approximate surface area is 106 Å². The zero-order chi connectivity index (χ0) is 13.7. The van der Waals surface area contributed by atoms with Crippen molar-refractivity contribution in [3.63, 3.8) is 0 Å². The van der Waals surface area contributed by atoms with Crippen molar-refractivity contribution in [2.75, 3.05) is 6.61 Å². The minimum Gasteiger partial charge on any atom is -0.452 e. The van der Waals surface area contributed by atoms with Crippen LogP contribution in [0.1, 0.15) is 42.1 Å². The molecule has 0 aromatic carbocycles. The van der Waals surface area contributed by atoms with E-state index in [2.05, 4.69) is 10.5 Å². The molecule has 0 aliphatic rings. The molecule has 0 fully saturated rings. The van der Waals surface area contributed by atoms with Gasteiger partial charge in [-0.2, -0.15) is 0 Å². The number of aryl methyl sites for hydroxylation is 2. The average Bonchev–Trinajstić information content (AvgIpc) is 2.66. The van der Waals surface area contributed by atoms with Gasteiger partial charge in [0.25, 0.3) is 5.91 Å². The highest BCUT2D eigenvalue weighted by Gasteiger charge is 2.20. The van der Waals surface area contributed by atoms with Gasteiger partial charge in [-0.25, -0.2) is 4.79 Å². The van der Waals surface area contributed by atoms with Gasteiger partial charge in [-0.05, 0) is 27.2 Å². The van der Waals surface area contributed by atoms with Gasteiger partial charge in [0, 0.05) is 6.04 Å². The van der Waals surface area contributed by atoms with Crippen molar-refractivity contribution in [1.29, 1.82) is 0 Å². The van der Waals surface area contributed by atoms with Crippen LogP contribution in [-0.4, -0.2) is 29.7 Å². The van der Waals surface area contributed by atoms with Crippen molar-refractivity contribution >= 4 is 11.9 Å². The zero-order valence-electron chi connectivity index (χ0n) is 11.1. The summed E-state index contributed by atoms with van der Waals surface area (Å²) in [5.74, 6) is -0.519. The van der Waals surface area contributed by atoms with Gasteiger partial charge in [0.15, 0.2) is 6.61 Å². The number of hydrogen-bond donors (Lipinski definition) is 1. The number of rotatable bonds is 5. The monoisotopic (exact) mass is 254 g/mol. The molecule has 0 saturated carbocycles. The number of ether oxygens (including phenoxy) is 1. The molecule has 18 heavy (non-hydrogen) atoms. The van der Waals surface area contributed by atoms with E-state index in [1.165, 1.54) is 0 Å². The summed E-state index contributed by atoms with van der Waals surface area (Å²) < 4.78 is 9.76. The highest BCUT2D eigenvalue weighted by molar-refractivity contribution is 5.93. The van der Waals surface area contributed by atoms with E-state index in [-0.39, 0.29) is 24.1 Å². The smallest absolute Gasteiger partial charge is 0.344 e. The Morgan fingerprint density at radius 2 is 2.11 bits per heavy atom. The Hall–Kier alpha value is -1.85. The first-order chi connectivity index (χ1) is 8.45. The van der Waals surface area contributed by atoms with Gasteiger partial charge >= 0.3 is 5.97 Å². The van der Waals surface area contributed by atoms with Crippen LogP contribution in [0.3, 0.4) is 0 Å². The van der Waals surface area contributed by atoms with Crippen molar-refractivity contribution < 1.29 is 18.8 Å². The molecule has 0 saturated heterocycles. The van der Waals surface area contributed by atoms with Crippen molar-refractivity contribution in [3.8, 4) is 0 Å². The number of carbonyl (C=O) groups excluding carboxylic acids is 2. The van der Waals surface area contributed by atoms with Gasteiger partial charge in [0.1, 0.15) is 11.3 Å². The third-order valence-electron chi connectivity index (χ3n) is 2.59. The lowest BCUT2D eigenvalue weighted by Gasteiger charge is -2.11. The maximum Gasteiger partial charge on any atom is 0.344 e. The normalized spacial score (nSPS) is 12.0. The molecule has 1 atom stereocenters. The summed E-state index contributed by atoms with van der Waals surface area (Å²) in [6.07, 6.45) is 0.823. The first-order valence-corrected chi connectivity index (χ1v) is 5.85. The summed E-state index contributed by atoms with van der Waals surface area (Å²) in [7, 11) is 0. The van der Waals surface area contributed by atoms with Crippen molar-refractivity contribution in [3.05, 3.63) is 17.0 Å². The highest BCUT2D eigenvalue weighted by atomic mass is 16.5. The molecule has 1 aromatic heterocycles. The van der Waals surface area contributed by atoms with E-state index in [0.717, 1.165) is 6.42 Å². The summed E-state index contributed by atoms with van der Waals surface area (Å²) in [5.41, 5.74) is 0.742. The van der Waals surface area contributed by atoms with E-state index >= 15 is 0 Å². The van der Waals surface area contributed by atoms with E-state index in [1.807, 2.05) is 13.8 Å². The van der Waals surface area contributed by atoms with E-state index in [1.54, 1.807) is 13.8 Å². The molecular formula is C12H18N2O4. The molecule has 6 nitrogen and oxygen atoms in total. The number of hydrogen-bond acceptors (Lipinski definition) is 5. The Kier molecular flexibility index (Phi) is 4.88. The molecule has 0 bridgehead atoms. The molecule has 1 aromatic rings. The van der Waals surface area contributed by atoms with Crippen LogP contribution >= 0.6 is 0 Å². The van der Waals surface area contributed by atoms with E-state index in [4.69, 9.17) is 9.26 Å². The van der Waals surface area contributed by atoms with Crippen LogP contribution < -0.4 is 5.32 Å². The second kappa shape index (κ2) is 6.18. The van der Waals surface area contributed by atoms with Crippen molar-refractivity contribution in [2.24, 2.45) is 0 Å². The molecule has 1 N–H and O–H groups in total. The quantitative estimate of drug-likeness (QED) is 0.802. The molecule has 0 radical (unpaired) electrons. The fourth-order valence-corrected chi connectivity index (χ4v) is 1.40. The molecule has 6 heteroatoms. The number of carbonyl (C=O) groups is 2. The summed E-state index contributed by atoms with van der Waals surface area (Å²) in [6, 6.07) is 0.0651. The SMILES string of the molecule is CC[C@@H](C)NC(=O)COC(=O)c1c(C)noc1C. The zero-order valence-corrected chi connectivity index (χ0v) is 11.1. The average molecular weight is 254 g/mol. The first-order valence-electron chi connectivity index (χ1n) is 5.85. The number of aromatic nitrogens is 1. The van der Waals surface area contributed by atoms with Crippen LogP contribution in [0.2, 0.25) is 0 Å². The molecular weight excluding hydrogens is 236 g/mol. The van der Waals surface area contributed by atoms with E-state index in [9.17, 15) is 9.59 Å². The third-order valence-corrected chi connectivity index (χ3v) is 2.59. The minimum absolute atomic E-state index is 0.0651. The van der Waals surface area contributed by atoms with Gasteiger partial charge < -0.3 is 14.6 Å². The van der Waals surface area contributed by atoms with E-state index in [0.29, 0.717) is 11.5 Å². The van der Waals surface area contributed by atoms with Gasteiger partial charge in [0.05, 0.1) is 5.69 Å². The van der Waals surface area contributed by atoms with Crippen LogP contribution in [-0.2, 0) is 9.53 Å². The van der Waals surface area contributed by atoms with Crippen LogP contribution in [0.4, 0.5) is 0 Å². The van der Waals surface area contributed by atoms with Gasteiger partial charge in [-0.3, -0.25) is 4.79 Å². The fraction of sp³-hybridized carbons (Fsp3) is 0.583. The Morgan fingerprint density at radius 3 is 2.61 bits per heavy atom. The predicted octanol–water partition coefficient (Wildman–Crippen LogP) is 1.36. The lowest BCUT2D eigenvalue weighted by atomic mass is 10.2. The summed E-state index contributed by atoms with van der Waals surface area (Å²) in [6.45, 7) is 6.81. The number of nitrogens with zero attached hydrogens (tertiary/aromatic N) is 1. The molecule has 0 spiro atoms. The molecule has 1 heterocycles. The topological polar surface area (TPSA) is 81.4 Å². The van der Waals surface area contributed by atoms with Crippen LogP contribution in [0.25, 0.3) is 0 Å². The largest absolute Gasteiger partial charge is 0.452 e. The van der Waals surface area contributed by atoms with Gasteiger partial charge in [-0.15, -0.1) is 0 Å². The standard InChI is InChI=1S/C12H18N2O4/c1-5-7(2)13-10(15)6-17-12(16)11-8(3)14-18-9(11)4/h7H,5-6H2,1-4H3,(H,13,15)/t7-/m1/s1. The summed E-state index contributed by atoms with van der Waals surface area (Å²) in [4.78, 5) is 23.1. The third kappa shape index (κ3) is 3.58. The lowest BCUT2D eigenvalue weighted by molar-refractivity contribution is -0.124. The second-order valence-corrected chi connectivity index (χ2v) is 4.15. The Bertz CT molecular complexity index is 420. The van der Waals surface area contributed by atoms with Crippen molar-refractivity contribution in [2.45, 2.75) is 40.2 Å². The fourth-order valence-electron chi connectivity index (χ4n) is 1.40. The molecule has 1 amide bonds. The summed E-state index contributed by atoms with van der Waals surface area (Å²) in [5, 5.41) is 6.35. The molecule has 1 rings (SSSR count). The molecule has 100 valence electrons. The maximum atomic E-state index is 11.7. The lowest BCUT2D eigenvalue weighted by Crippen LogP contribution is -2.35. The maximum absolute atomic E-state index is 11.7. The first kappa shape index (κ1) is 14.2. The van der Waals surface area contributed by atoms with E-state index < -0.39 is 5.97 Å². The van der Waals surface area contributed by atoms with Crippen LogP contribution in [0.5, 0.6) is 0 Å². The summed E-state index contributed by atoms with van der Waals surface area (Å²) >= 11 is 0. The Morgan fingerprint density at radius 1 is 1.44 bits per heavy atom. The highest BCUT2D eigenvalue weighted by Crippen LogP contribution is 2.13. The van der Waals surface area contributed by atoms with Crippen molar-refractivity contribution in [1.82, 2.24) is 10.5 Å². The second-order valence-electron chi connectivity index (χ2n) is 4.15. The van der Waals surface area contributed by atoms with Crippen LogP contribution in [0.15, 0.2) is 4.52 Å². The molecule has 0 unspecified atom stereocenters. The van der Waals surface area contributed by atoms with Crippen LogP contribution in [0, 0.1) is 13.8 Å². The number of amides is 1.